The van der Waals surface area contributed by atoms with Crippen molar-refractivity contribution < 1.29 is 4.79 Å². The molecule has 88 valence electrons. The Morgan fingerprint density at radius 2 is 1.94 bits per heavy atom. The third kappa shape index (κ3) is 3.49. The van der Waals surface area contributed by atoms with Gasteiger partial charge in [0.1, 0.15) is 10.8 Å². The number of rotatable bonds is 5. The Hall–Kier alpha value is -1.09. The van der Waals surface area contributed by atoms with Crippen LogP contribution in [0, 0.1) is 0 Å². The zero-order valence-electron chi connectivity index (χ0n) is 9.74. The van der Waals surface area contributed by atoms with Crippen LogP contribution >= 0.6 is 11.6 Å². The maximum Gasteiger partial charge on any atom is 0.272 e. The summed E-state index contributed by atoms with van der Waals surface area (Å²) in [6.07, 6.45) is 1.90. The summed E-state index contributed by atoms with van der Waals surface area (Å²) in [5.41, 5.74) is 0.425. The summed E-state index contributed by atoms with van der Waals surface area (Å²) in [7, 11) is 0. The number of hydrogen-bond donors (Lipinski definition) is 0. The Morgan fingerprint density at radius 3 is 2.44 bits per heavy atom. The monoisotopic (exact) mass is 240 g/mol. The lowest BCUT2D eigenvalue weighted by Gasteiger charge is -2.20. The highest BCUT2D eigenvalue weighted by atomic mass is 35.5. The largest absolute Gasteiger partial charge is 0.337 e. The fourth-order valence-electron chi connectivity index (χ4n) is 1.54. The average molecular weight is 241 g/mol. The molecule has 4 heteroatoms. The van der Waals surface area contributed by atoms with Gasteiger partial charge in [0.2, 0.25) is 0 Å². The van der Waals surface area contributed by atoms with E-state index >= 15 is 0 Å². The summed E-state index contributed by atoms with van der Waals surface area (Å²) in [6, 6.07) is 5.12. The first-order valence-electron chi connectivity index (χ1n) is 5.60. The van der Waals surface area contributed by atoms with E-state index in [0.29, 0.717) is 10.8 Å². The van der Waals surface area contributed by atoms with Crippen LogP contribution in [0.5, 0.6) is 0 Å². The molecule has 0 spiro atoms. The van der Waals surface area contributed by atoms with E-state index in [4.69, 9.17) is 11.6 Å². The molecule has 0 radical (unpaired) electrons. The lowest BCUT2D eigenvalue weighted by Crippen LogP contribution is -2.33. The minimum Gasteiger partial charge on any atom is -0.337 e. The first kappa shape index (κ1) is 13.0. The van der Waals surface area contributed by atoms with Gasteiger partial charge in [0, 0.05) is 13.1 Å². The topological polar surface area (TPSA) is 33.2 Å². The standard InChI is InChI=1S/C12H17ClN2O/c1-3-8-15(9-4-2)12(16)10-6-5-7-11(13)14-10/h5-7H,3-4,8-9H2,1-2H3. The second-order valence-corrected chi connectivity index (χ2v) is 4.03. The zero-order chi connectivity index (χ0) is 12.0. The molecule has 3 nitrogen and oxygen atoms in total. The van der Waals surface area contributed by atoms with Crippen molar-refractivity contribution in [3.63, 3.8) is 0 Å². The normalized spacial score (nSPS) is 10.2. The van der Waals surface area contributed by atoms with E-state index in [9.17, 15) is 4.79 Å². The van der Waals surface area contributed by atoms with Crippen molar-refractivity contribution in [1.29, 1.82) is 0 Å². The Morgan fingerprint density at radius 1 is 1.31 bits per heavy atom. The Kier molecular flexibility index (Phi) is 5.26. The van der Waals surface area contributed by atoms with Gasteiger partial charge in [-0.25, -0.2) is 4.98 Å². The molecule has 0 bridgehead atoms. The highest BCUT2D eigenvalue weighted by Crippen LogP contribution is 2.08. The summed E-state index contributed by atoms with van der Waals surface area (Å²) in [6.45, 7) is 5.64. The van der Waals surface area contributed by atoms with Gasteiger partial charge in [0.15, 0.2) is 0 Å². The van der Waals surface area contributed by atoms with Crippen LogP contribution in [-0.4, -0.2) is 28.9 Å². The molecule has 0 atom stereocenters. The van der Waals surface area contributed by atoms with Crippen molar-refractivity contribution >= 4 is 17.5 Å². The van der Waals surface area contributed by atoms with E-state index in [1.54, 1.807) is 18.2 Å². The molecule has 0 aromatic carbocycles. The summed E-state index contributed by atoms with van der Waals surface area (Å²) in [5.74, 6) is -0.0359. The highest BCUT2D eigenvalue weighted by molar-refractivity contribution is 6.29. The number of nitrogens with zero attached hydrogens (tertiary/aromatic N) is 2. The number of amides is 1. The van der Waals surface area contributed by atoms with E-state index in [0.717, 1.165) is 25.9 Å². The first-order chi connectivity index (χ1) is 7.69. The number of carbonyl (C=O) groups excluding carboxylic acids is 1. The summed E-state index contributed by atoms with van der Waals surface area (Å²) < 4.78 is 0. The number of hydrogen-bond acceptors (Lipinski definition) is 2. The Balaban J connectivity index is 2.81. The molecule has 0 aliphatic rings. The molecule has 0 aliphatic heterocycles. The lowest BCUT2D eigenvalue weighted by atomic mass is 10.3. The van der Waals surface area contributed by atoms with E-state index in [-0.39, 0.29) is 5.91 Å². The summed E-state index contributed by atoms with van der Waals surface area (Å²) >= 11 is 5.77. The summed E-state index contributed by atoms with van der Waals surface area (Å²) in [4.78, 5) is 17.9. The van der Waals surface area contributed by atoms with Crippen LogP contribution in [0.25, 0.3) is 0 Å². The maximum absolute atomic E-state index is 12.1. The van der Waals surface area contributed by atoms with Crippen molar-refractivity contribution in [3.05, 3.63) is 29.0 Å². The van der Waals surface area contributed by atoms with Crippen LogP contribution in [0.4, 0.5) is 0 Å². The van der Waals surface area contributed by atoms with Crippen molar-refractivity contribution in [2.45, 2.75) is 26.7 Å². The molecule has 1 heterocycles. The van der Waals surface area contributed by atoms with Crippen molar-refractivity contribution in [1.82, 2.24) is 9.88 Å². The third-order valence-electron chi connectivity index (χ3n) is 2.21. The minimum absolute atomic E-state index is 0.0359. The van der Waals surface area contributed by atoms with Crippen molar-refractivity contribution in [2.24, 2.45) is 0 Å². The van der Waals surface area contributed by atoms with Gasteiger partial charge in [-0.05, 0) is 25.0 Å². The second kappa shape index (κ2) is 6.48. The number of aromatic nitrogens is 1. The number of carbonyl (C=O) groups is 1. The van der Waals surface area contributed by atoms with Crippen LogP contribution in [0.3, 0.4) is 0 Å². The zero-order valence-corrected chi connectivity index (χ0v) is 10.5. The molecule has 0 aliphatic carbocycles. The molecule has 0 saturated carbocycles. The molecule has 1 amide bonds. The van der Waals surface area contributed by atoms with Gasteiger partial charge in [-0.3, -0.25) is 4.79 Å². The first-order valence-corrected chi connectivity index (χ1v) is 5.98. The van der Waals surface area contributed by atoms with E-state index < -0.39 is 0 Å². The van der Waals surface area contributed by atoms with Crippen LogP contribution in [0.1, 0.15) is 37.2 Å². The average Bonchev–Trinajstić information content (AvgIpc) is 2.28. The predicted octanol–water partition coefficient (Wildman–Crippen LogP) is 3.00. The fraction of sp³-hybridized carbons (Fsp3) is 0.500. The van der Waals surface area contributed by atoms with Crippen molar-refractivity contribution in [2.75, 3.05) is 13.1 Å². The molecular weight excluding hydrogens is 224 g/mol. The van der Waals surface area contributed by atoms with Crippen LogP contribution in [0.15, 0.2) is 18.2 Å². The molecule has 0 fully saturated rings. The van der Waals surface area contributed by atoms with Crippen LogP contribution in [-0.2, 0) is 0 Å². The van der Waals surface area contributed by atoms with E-state index in [1.807, 2.05) is 4.90 Å². The SMILES string of the molecule is CCCN(CCC)C(=O)c1cccc(Cl)n1. The second-order valence-electron chi connectivity index (χ2n) is 3.64. The minimum atomic E-state index is -0.0359. The van der Waals surface area contributed by atoms with Gasteiger partial charge in [-0.15, -0.1) is 0 Å². The molecule has 1 aromatic rings. The quantitative estimate of drug-likeness (QED) is 0.742. The molecule has 16 heavy (non-hydrogen) atoms. The smallest absolute Gasteiger partial charge is 0.272 e. The van der Waals surface area contributed by atoms with Gasteiger partial charge in [0.25, 0.3) is 5.91 Å². The van der Waals surface area contributed by atoms with Gasteiger partial charge >= 0.3 is 0 Å². The number of pyridine rings is 1. The van der Waals surface area contributed by atoms with Gasteiger partial charge in [-0.2, -0.15) is 0 Å². The Bertz CT molecular complexity index is 349. The van der Waals surface area contributed by atoms with Crippen molar-refractivity contribution in [3.8, 4) is 0 Å². The van der Waals surface area contributed by atoms with E-state index in [1.165, 1.54) is 0 Å². The molecule has 0 N–H and O–H groups in total. The highest BCUT2D eigenvalue weighted by Gasteiger charge is 2.15. The van der Waals surface area contributed by atoms with Gasteiger partial charge in [0.05, 0.1) is 0 Å². The lowest BCUT2D eigenvalue weighted by molar-refractivity contribution is 0.0749. The molecule has 0 unspecified atom stereocenters. The number of halogens is 1. The van der Waals surface area contributed by atoms with Gasteiger partial charge < -0.3 is 4.90 Å². The predicted molar refractivity (Wildman–Crippen MR) is 65.7 cm³/mol. The van der Waals surface area contributed by atoms with Gasteiger partial charge in [-0.1, -0.05) is 31.5 Å². The molecule has 1 aromatic heterocycles. The summed E-state index contributed by atoms with van der Waals surface area (Å²) in [5, 5.41) is 0.360. The van der Waals surface area contributed by atoms with E-state index in [2.05, 4.69) is 18.8 Å². The molecule has 0 saturated heterocycles. The third-order valence-corrected chi connectivity index (χ3v) is 2.42. The fourth-order valence-corrected chi connectivity index (χ4v) is 1.71. The Labute approximate surface area is 101 Å². The van der Waals surface area contributed by atoms with Crippen LogP contribution < -0.4 is 0 Å². The van der Waals surface area contributed by atoms with Crippen LogP contribution in [0.2, 0.25) is 5.15 Å². The maximum atomic E-state index is 12.1. The molecular formula is C12H17ClN2O. The molecule has 1 rings (SSSR count).